The van der Waals surface area contributed by atoms with Crippen LogP contribution in [0, 0.1) is 0 Å². The number of nitrogens with zero attached hydrogens (tertiary/aromatic N) is 3. The van der Waals surface area contributed by atoms with Crippen molar-refractivity contribution in [1.29, 1.82) is 0 Å². The molecule has 2 amide bonds. The van der Waals surface area contributed by atoms with E-state index in [0.29, 0.717) is 17.5 Å². The number of aromatic nitrogens is 3. The molecule has 0 unspecified atom stereocenters. The van der Waals surface area contributed by atoms with E-state index < -0.39 is 0 Å². The molecule has 0 atom stereocenters. The summed E-state index contributed by atoms with van der Waals surface area (Å²) in [6, 6.07) is 5.35. The third kappa shape index (κ3) is 3.13. The lowest BCUT2D eigenvalue weighted by atomic mass is 9.93. The summed E-state index contributed by atoms with van der Waals surface area (Å²) in [4.78, 5) is 27.3. The monoisotopic (exact) mass is 299 g/mol. The van der Waals surface area contributed by atoms with Gasteiger partial charge in [-0.1, -0.05) is 6.07 Å². The number of amides is 2. The molecule has 2 N–H and O–H groups in total. The van der Waals surface area contributed by atoms with Gasteiger partial charge < -0.3 is 10.6 Å². The molecule has 0 aliphatic heterocycles. The van der Waals surface area contributed by atoms with Crippen LogP contribution in [0.3, 0.4) is 0 Å². The summed E-state index contributed by atoms with van der Waals surface area (Å²) in [6.07, 6.45) is 6.96. The third-order valence-corrected chi connectivity index (χ3v) is 3.59. The molecule has 2 aromatic heterocycles. The number of pyridine rings is 1. The molecule has 0 aromatic carbocycles. The minimum Gasteiger partial charge on any atom is -0.318 e. The molecule has 1 aliphatic rings. The lowest BCUT2D eigenvalue weighted by molar-refractivity contribution is -0.114. The van der Waals surface area contributed by atoms with Crippen molar-refractivity contribution >= 4 is 23.3 Å². The lowest BCUT2D eigenvalue weighted by Crippen LogP contribution is -2.17. The number of hydrogen-bond acceptors (Lipinski definition) is 4. The zero-order valence-corrected chi connectivity index (χ0v) is 12.2. The number of hydrogen-bond donors (Lipinski definition) is 2. The van der Waals surface area contributed by atoms with Gasteiger partial charge in [0.05, 0.1) is 17.9 Å². The van der Waals surface area contributed by atoms with Crippen LogP contribution in [0.15, 0.2) is 30.6 Å². The molecule has 1 saturated carbocycles. The van der Waals surface area contributed by atoms with Gasteiger partial charge in [-0.15, -0.1) is 0 Å². The minimum absolute atomic E-state index is 0.230. The van der Waals surface area contributed by atoms with Crippen LogP contribution in [0.5, 0.6) is 0 Å². The highest BCUT2D eigenvalue weighted by molar-refractivity contribution is 6.03. The van der Waals surface area contributed by atoms with Crippen molar-refractivity contribution in [2.45, 2.75) is 32.2 Å². The van der Waals surface area contributed by atoms with Gasteiger partial charge in [0, 0.05) is 13.1 Å². The van der Waals surface area contributed by atoms with E-state index in [1.807, 2.05) is 10.9 Å². The van der Waals surface area contributed by atoms with Crippen molar-refractivity contribution in [1.82, 2.24) is 14.8 Å². The predicted molar refractivity (Wildman–Crippen MR) is 81.6 cm³/mol. The summed E-state index contributed by atoms with van der Waals surface area (Å²) in [5.41, 5.74) is 0.881. The van der Waals surface area contributed by atoms with Crippen LogP contribution < -0.4 is 10.6 Å². The largest absolute Gasteiger partial charge is 0.318 e. The Bertz CT molecular complexity index is 705. The van der Waals surface area contributed by atoms with Crippen LogP contribution >= 0.6 is 0 Å². The zero-order chi connectivity index (χ0) is 15.5. The normalized spacial score (nSPS) is 14.2. The van der Waals surface area contributed by atoms with E-state index in [4.69, 9.17) is 0 Å². The molecule has 0 bridgehead atoms. The fourth-order valence-electron chi connectivity index (χ4n) is 2.26. The average Bonchev–Trinajstić information content (AvgIpc) is 2.84. The van der Waals surface area contributed by atoms with Gasteiger partial charge in [-0.2, -0.15) is 5.10 Å². The Hall–Kier alpha value is -2.70. The Morgan fingerprint density at radius 1 is 1.27 bits per heavy atom. The predicted octanol–water partition coefficient (Wildman–Crippen LogP) is 2.21. The van der Waals surface area contributed by atoms with E-state index in [9.17, 15) is 9.59 Å². The fourth-order valence-corrected chi connectivity index (χ4v) is 2.26. The van der Waals surface area contributed by atoms with Gasteiger partial charge in [-0.25, -0.2) is 4.98 Å². The van der Waals surface area contributed by atoms with Crippen LogP contribution in [0.1, 0.15) is 42.7 Å². The molecule has 2 heterocycles. The fraction of sp³-hybridized carbons (Fsp3) is 0.333. The van der Waals surface area contributed by atoms with Gasteiger partial charge in [-0.05, 0) is 31.4 Å². The van der Waals surface area contributed by atoms with Crippen molar-refractivity contribution in [2.24, 2.45) is 0 Å². The second-order valence-electron chi connectivity index (χ2n) is 5.34. The molecule has 0 spiro atoms. The Morgan fingerprint density at radius 3 is 2.77 bits per heavy atom. The Balaban J connectivity index is 1.68. The van der Waals surface area contributed by atoms with E-state index in [1.165, 1.54) is 13.3 Å². The molecule has 0 radical (unpaired) electrons. The highest BCUT2D eigenvalue weighted by atomic mass is 16.2. The van der Waals surface area contributed by atoms with Gasteiger partial charge in [0.25, 0.3) is 5.91 Å². The zero-order valence-electron chi connectivity index (χ0n) is 12.2. The highest BCUT2D eigenvalue weighted by Crippen LogP contribution is 2.31. The minimum atomic E-state index is -0.333. The van der Waals surface area contributed by atoms with Crippen molar-refractivity contribution in [2.75, 3.05) is 10.6 Å². The van der Waals surface area contributed by atoms with E-state index >= 15 is 0 Å². The van der Waals surface area contributed by atoms with Gasteiger partial charge >= 0.3 is 0 Å². The first-order valence-electron chi connectivity index (χ1n) is 7.22. The summed E-state index contributed by atoms with van der Waals surface area (Å²) < 4.78 is 1.89. The molecule has 1 aliphatic carbocycles. The first-order valence-corrected chi connectivity index (χ1v) is 7.22. The standard InChI is InChI=1S/C15H17N5O2/c1-10(21)17-14-7-3-6-13(19-14)15(22)18-11-8-16-20(9-11)12-4-2-5-12/h3,6-9,12H,2,4-5H2,1H3,(H,18,22)(H,17,19,21). The topological polar surface area (TPSA) is 88.9 Å². The molecular weight excluding hydrogens is 282 g/mol. The second-order valence-corrected chi connectivity index (χ2v) is 5.34. The van der Waals surface area contributed by atoms with Gasteiger partial charge in [0.15, 0.2) is 0 Å². The number of anilines is 2. The van der Waals surface area contributed by atoms with E-state index in [-0.39, 0.29) is 17.5 Å². The van der Waals surface area contributed by atoms with Crippen LogP contribution in [0.4, 0.5) is 11.5 Å². The van der Waals surface area contributed by atoms with E-state index in [2.05, 4.69) is 20.7 Å². The van der Waals surface area contributed by atoms with Crippen LogP contribution in [-0.4, -0.2) is 26.6 Å². The van der Waals surface area contributed by atoms with Gasteiger partial charge in [-0.3, -0.25) is 14.3 Å². The second kappa shape index (κ2) is 5.97. The molecule has 3 rings (SSSR count). The van der Waals surface area contributed by atoms with Crippen molar-refractivity contribution < 1.29 is 9.59 Å². The summed E-state index contributed by atoms with van der Waals surface area (Å²) >= 11 is 0. The quantitative estimate of drug-likeness (QED) is 0.906. The molecule has 1 fully saturated rings. The van der Waals surface area contributed by atoms with Gasteiger partial charge in [0.1, 0.15) is 11.5 Å². The summed E-state index contributed by atoms with van der Waals surface area (Å²) in [5, 5.41) is 9.58. The van der Waals surface area contributed by atoms with E-state index in [0.717, 1.165) is 12.8 Å². The maximum absolute atomic E-state index is 12.2. The highest BCUT2D eigenvalue weighted by Gasteiger charge is 2.20. The smallest absolute Gasteiger partial charge is 0.274 e. The molecular formula is C15H17N5O2. The molecule has 7 heteroatoms. The number of rotatable bonds is 4. The molecule has 7 nitrogen and oxygen atoms in total. The Labute approximate surface area is 127 Å². The number of nitrogens with one attached hydrogen (secondary N) is 2. The van der Waals surface area contributed by atoms with Crippen molar-refractivity contribution in [3.63, 3.8) is 0 Å². The summed E-state index contributed by atoms with van der Waals surface area (Å²) in [6.45, 7) is 1.39. The van der Waals surface area contributed by atoms with Crippen molar-refractivity contribution in [3.05, 3.63) is 36.3 Å². The van der Waals surface area contributed by atoms with Crippen LogP contribution in [-0.2, 0) is 4.79 Å². The van der Waals surface area contributed by atoms with Crippen molar-refractivity contribution in [3.8, 4) is 0 Å². The molecule has 0 saturated heterocycles. The summed E-state index contributed by atoms with van der Waals surface area (Å²) in [7, 11) is 0. The van der Waals surface area contributed by atoms with E-state index in [1.54, 1.807) is 24.4 Å². The van der Waals surface area contributed by atoms with Crippen LogP contribution in [0.2, 0.25) is 0 Å². The molecule has 2 aromatic rings. The number of carbonyl (C=O) groups is 2. The SMILES string of the molecule is CC(=O)Nc1cccc(C(=O)Nc2cnn(C3CCC3)c2)n1. The maximum atomic E-state index is 12.2. The van der Waals surface area contributed by atoms with Crippen LogP contribution in [0.25, 0.3) is 0 Å². The first kappa shape index (κ1) is 14.2. The lowest BCUT2D eigenvalue weighted by Gasteiger charge is -2.25. The molecule has 114 valence electrons. The molecule has 22 heavy (non-hydrogen) atoms. The maximum Gasteiger partial charge on any atom is 0.274 e. The van der Waals surface area contributed by atoms with Gasteiger partial charge in [0.2, 0.25) is 5.91 Å². The first-order chi connectivity index (χ1) is 10.6. The average molecular weight is 299 g/mol. The third-order valence-electron chi connectivity index (χ3n) is 3.59. The Kier molecular flexibility index (Phi) is 3.86. The summed E-state index contributed by atoms with van der Waals surface area (Å²) in [5.74, 6) is -0.211. The Morgan fingerprint density at radius 2 is 2.09 bits per heavy atom. The number of carbonyl (C=O) groups excluding carboxylic acids is 2.